The number of esters is 1. The minimum atomic E-state index is -0.349. The van der Waals surface area contributed by atoms with Gasteiger partial charge in [0.1, 0.15) is 5.75 Å². The van der Waals surface area contributed by atoms with Crippen molar-refractivity contribution >= 4 is 5.97 Å². The molecule has 0 unspecified atom stereocenters. The van der Waals surface area contributed by atoms with Gasteiger partial charge in [0, 0.05) is 25.6 Å². The molecule has 1 heterocycles. The number of nitrogens with two attached hydrogens (primary N) is 1. The maximum atomic E-state index is 11.4. The Morgan fingerprint density at radius 3 is 2.52 bits per heavy atom. The highest BCUT2D eigenvalue weighted by Gasteiger charge is 2.32. The lowest BCUT2D eigenvalue weighted by Gasteiger charge is -2.17. The predicted octanol–water partition coefficient (Wildman–Crippen LogP) is 2.80. The zero-order valence-electron chi connectivity index (χ0n) is 15.8. The van der Waals surface area contributed by atoms with E-state index in [-0.39, 0.29) is 12.6 Å². The molecule has 2 aromatic rings. The molecular weight excluding hydrogens is 340 g/mol. The first-order chi connectivity index (χ1) is 13.2. The molecule has 0 saturated carbocycles. The standard InChI is InChI=1S/C22H28N2O3/c1-2-26-22(25)16-27-20-10-8-17(9-11-20)13-24-14-19(12-23)21(15-24)18-6-4-3-5-7-18/h3-11,19,21H,2,12-16,23H2,1H3/t19-,21+/m1/s1. The van der Waals surface area contributed by atoms with Gasteiger partial charge in [-0.15, -0.1) is 0 Å². The van der Waals surface area contributed by atoms with E-state index < -0.39 is 0 Å². The molecule has 1 aliphatic heterocycles. The van der Waals surface area contributed by atoms with Crippen LogP contribution in [0.2, 0.25) is 0 Å². The van der Waals surface area contributed by atoms with Crippen LogP contribution in [0.3, 0.4) is 0 Å². The monoisotopic (exact) mass is 368 g/mol. The van der Waals surface area contributed by atoms with Gasteiger partial charge >= 0.3 is 5.97 Å². The van der Waals surface area contributed by atoms with Gasteiger partial charge in [0.2, 0.25) is 0 Å². The van der Waals surface area contributed by atoms with Crippen molar-refractivity contribution in [2.24, 2.45) is 11.7 Å². The molecule has 2 atom stereocenters. The molecule has 2 N–H and O–H groups in total. The van der Waals surface area contributed by atoms with E-state index in [2.05, 4.69) is 35.2 Å². The average Bonchev–Trinajstić information content (AvgIpc) is 3.11. The largest absolute Gasteiger partial charge is 0.482 e. The number of nitrogens with zero attached hydrogens (tertiary/aromatic N) is 1. The second-order valence-corrected chi connectivity index (χ2v) is 6.94. The molecule has 0 aliphatic carbocycles. The summed E-state index contributed by atoms with van der Waals surface area (Å²) in [6, 6.07) is 18.6. The highest BCUT2D eigenvalue weighted by molar-refractivity contribution is 5.71. The summed E-state index contributed by atoms with van der Waals surface area (Å²) in [6.07, 6.45) is 0. The number of ether oxygens (including phenoxy) is 2. The zero-order valence-corrected chi connectivity index (χ0v) is 15.8. The van der Waals surface area contributed by atoms with E-state index in [9.17, 15) is 4.79 Å². The quantitative estimate of drug-likeness (QED) is 0.726. The number of rotatable bonds is 8. The summed E-state index contributed by atoms with van der Waals surface area (Å²) in [5.41, 5.74) is 8.63. The number of hydrogen-bond donors (Lipinski definition) is 1. The summed E-state index contributed by atoms with van der Waals surface area (Å²) in [5.74, 6) is 1.30. The van der Waals surface area contributed by atoms with Crippen molar-refractivity contribution in [3.8, 4) is 5.75 Å². The highest BCUT2D eigenvalue weighted by atomic mass is 16.6. The summed E-state index contributed by atoms with van der Waals surface area (Å²) in [6.45, 7) is 5.71. The Morgan fingerprint density at radius 1 is 1.11 bits per heavy atom. The predicted molar refractivity (Wildman–Crippen MR) is 106 cm³/mol. The summed E-state index contributed by atoms with van der Waals surface area (Å²) < 4.78 is 10.3. The molecule has 5 heteroatoms. The third-order valence-corrected chi connectivity index (χ3v) is 5.04. The number of hydrogen-bond acceptors (Lipinski definition) is 5. The van der Waals surface area contributed by atoms with Crippen molar-refractivity contribution in [1.82, 2.24) is 4.90 Å². The molecule has 1 aliphatic rings. The van der Waals surface area contributed by atoms with Crippen LogP contribution in [0, 0.1) is 5.92 Å². The number of likely N-dealkylation sites (tertiary alicyclic amines) is 1. The maximum absolute atomic E-state index is 11.4. The van der Waals surface area contributed by atoms with Crippen LogP contribution in [-0.4, -0.2) is 43.7 Å². The van der Waals surface area contributed by atoms with E-state index in [0.717, 1.165) is 19.6 Å². The summed E-state index contributed by atoms with van der Waals surface area (Å²) in [4.78, 5) is 13.8. The van der Waals surface area contributed by atoms with Gasteiger partial charge < -0.3 is 15.2 Å². The topological polar surface area (TPSA) is 64.8 Å². The van der Waals surface area contributed by atoms with Gasteiger partial charge in [0.15, 0.2) is 6.61 Å². The van der Waals surface area contributed by atoms with Crippen LogP contribution in [0.25, 0.3) is 0 Å². The van der Waals surface area contributed by atoms with Crippen LogP contribution in [0.1, 0.15) is 24.0 Å². The second-order valence-electron chi connectivity index (χ2n) is 6.94. The summed E-state index contributed by atoms with van der Waals surface area (Å²) in [5, 5.41) is 0. The first-order valence-electron chi connectivity index (χ1n) is 9.54. The van der Waals surface area contributed by atoms with Crippen molar-refractivity contribution in [1.29, 1.82) is 0 Å². The fourth-order valence-electron chi connectivity index (χ4n) is 3.70. The van der Waals surface area contributed by atoms with E-state index in [1.807, 2.05) is 24.3 Å². The van der Waals surface area contributed by atoms with Crippen molar-refractivity contribution in [3.63, 3.8) is 0 Å². The van der Waals surface area contributed by atoms with Gasteiger partial charge in [0.05, 0.1) is 6.61 Å². The Balaban J connectivity index is 1.55. The Labute approximate surface area is 161 Å². The first kappa shape index (κ1) is 19.4. The zero-order chi connectivity index (χ0) is 19.1. The lowest BCUT2D eigenvalue weighted by atomic mass is 9.89. The molecule has 5 nitrogen and oxygen atoms in total. The van der Waals surface area contributed by atoms with Gasteiger partial charge in [0.25, 0.3) is 0 Å². The molecule has 27 heavy (non-hydrogen) atoms. The van der Waals surface area contributed by atoms with Gasteiger partial charge in [-0.05, 0) is 42.6 Å². The SMILES string of the molecule is CCOC(=O)COc1ccc(CN2C[C@@H](CN)[C@H](c3ccccc3)C2)cc1. The lowest BCUT2D eigenvalue weighted by Crippen LogP contribution is -2.23. The molecule has 0 aromatic heterocycles. The summed E-state index contributed by atoms with van der Waals surface area (Å²) >= 11 is 0. The van der Waals surface area contributed by atoms with E-state index in [1.165, 1.54) is 11.1 Å². The molecule has 1 fully saturated rings. The number of benzene rings is 2. The van der Waals surface area contributed by atoms with Crippen molar-refractivity contribution in [2.45, 2.75) is 19.4 Å². The number of carbonyl (C=O) groups excluding carboxylic acids is 1. The second kappa shape index (κ2) is 9.53. The van der Waals surface area contributed by atoms with Gasteiger partial charge in [-0.3, -0.25) is 4.90 Å². The van der Waals surface area contributed by atoms with Crippen molar-refractivity contribution in [3.05, 3.63) is 65.7 Å². The smallest absolute Gasteiger partial charge is 0.344 e. The van der Waals surface area contributed by atoms with Crippen molar-refractivity contribution in [2.75, 3.05) is 32.8 Å². The van der Waals surface area contributed by atoms with E-state index in [0.29, 0.717) is 30.7 Å². The van der Waals surface area contributed by atoms with Crippen LogP contribution in [-0.2, 0) is 16.1 Å². The molecule has 0 radical (unpaired) electrons. The molecule has 1 saturated heterocycles. The maximum Gasteiger partial charge on any atom is 0.344 e. The van der Waals surface area contributed by atoms with Crippen LogP contribution < -0.4 is 10.5 Å². The van der Waals surface area contributed by atoms with Crippen LogP contribution in [0.15, 0.2) is 54.6 Å². The fraction of sp³-hybridized carbons (Fsp3) is 0.409. The third kappa shape index (κ3) is 5.31. The summed E-state index contributed by atoms with van der Waals surface area (Å²) in [7, 11) is 0. The van der Waals surface area contributed by atoms with Gasteiger partial charge in [-0.2, -0.15) is 0 Å². The lowest BCUT2D eigenvalue weighted by molar-refractivity contribution is -0.145. The molecule has 3 rings (SSSR count). The Morgan fingerprint density at radius 2 is 1.85 bits per heavy atom. The Bertz CT molecular complexity index is 718. The normalized spacial score (nSPS) is 19.8. The molecule has 144 valence electrons. The Kier molecular flexibility index (Phi) is 6.85. The molecular formula is C22H28N2O3. The van der Waals surface area contributed by atoms with Crippen LogP contribution in [0.5, 0.6) is 5.75 Å². The minimum absolute atomic E-state index is 0.0593. The molecule has 2 aromatic carbocycles. The van der Waals surface area contributed by atoms with E-state index in [1.54, 1.807) is 6.92 Å². The average molecular weight is 368 g/mol. The molecule has 0 amide bonds. The molecule has 0 spiro atoms. The first-order valence-corrected chi connectivity index (χ1v) is 9.54. The van der Waals surface area contributed by atoms with Gasteiger partial charge in [-0.25, -0.2) is 4.79 Å². The third-order valence-electron chi connectivity index (χ3n) is 5.04. The van der Waals surface area contributed by atoms with E-state index >= 15 is 0 Å². The number of carbonyl (C=O) groups is 1. The van der Waals surface area contributed by atoms with E-state index in [4.69, 9.17) is 15.2 Å². The van der Waals surface area contributed by atoms with Gasteiger partial charge in [-0.1, -0.05) is 42.5 Å². The van der Waals surface area contributed by atoms with Crippen molar-refractivity contribution < 1.29 is 14.3 Å². The molecule has 0 bridgehead atoms. The fourth-order valence-corrected chi connectivity index (χ4v) is 3.70. The Hall–Kier alpha value is -2.37. The minimum Gasteiger partial charge on any atom is -0.482 e. The van der Waals surface area contributed by atoms with Crippen LogP contribution >= 0.6 is 0 Å². The van der Waals surface area contributed by atoms with Crippen LogP contribution in [0.4, 0.5) is 0 Å². The highest BCUT2D eigenvalue weighted by Crippen LogP contribution is 2.32.